The highest BCUT2D eigenvalue weighted by atomic mass is 79.9. The zero-order chi connectivity index (χ0) is 13.0. The van der Waals surface area contributed by atoms with E-state index in [0.717, 1.165) is 42.9 Å². The van der Waals surface area contributed by atoms with Crippen LogP contribution in [0.3, 0.4) is 0 Å². The molecule has 1 aliphatic rings. The van der Waals surface area contributed by atoms with Crippen molar-refractivity contribution in [2.45, 2.75) is 6.54 Å². The predicted octanol–water partition coefficient (Wildman–Crippen LogP) is 2.07. The van der Waals surface area contributed by atoms with Crippen LogP contribution in [0.2, 0.25) is 0 Å². The molecule has 0 aromatic heterocycles. The first-order chi connectivity index (χ1) is 8.70. The van der Waals surface area contributed by atoms with Crippen LogP contribution in [0.4, 0.5) is 0 Å². The van der Waals surface area contributed by atoms with Crippen LogP contribution in [0.15, 0.2) is 22.7 Å². The number of methoxy groups -OCH3 is 1. The molecule has 0 unspecified atom stereocenters. The maximum absolute atomic E-state index is 11.7. The molecule has 0 spiro atoms. The molecule has 1 aliphatic heterocycles. The summed E-state index contributed by atoms with van der Waals surface area (Å²) in [4.78, 5) is 14.0. The van der Waals surface area contributed by atoms with E-state index in [-0.39, 0.29) is 5.97 Å². The molecule has 98 valence electrons. The molecule has 0 saturated carbocycles. The Balaban J connectivity index is 2.18. The number of esters is 1. The summed E-state index contributed by atoms with van der Waals surface area (Å²) in [7, 11) is 1.41. The van der Waals surface area contributed by atoms with E-state index in [1.807, 2.05) is 12.1 Å². The molecular formula is C13H16BrNO3. The van der Waals surface area contributed by atoms with Crippen molar-refractivity contribution in [2.24, 2.45) is 0 Å². The fourth-order valence-electron chi connectivity index (χ4n) is 2.00. The fourth-order valence-corrected chi connectivity index (χ4v) is 2.41. The third-order valence-corrected chi connectivity index (χ3v) is 3.46. The monoisotopic (exact) mass is 313 g/mol. The van der Waals surface area contributed by atoms with Crippen LogP contribution in [0.5, 0.6) is 0 Å². The smallest absolute Gasteiger partial charge is 0.338 e. The normalized spacial score (nSPS) is 16.6. The first kappa shape index (κ1) is 13.5. The van der Waals surface area contributed by atoms with Gasteiger partial charge in [-0.1, -0.05) is 15.9 Å². The summed E-state index contributed by atoms with van der Waals surface area (Å²) in [6, 6.07) is 5.63. The first-order valence-corrected chi connectivity index (χ1v) is 6.67. The summed E-state index contributed by atoms with van der Waals surface area (Å²) in [5.41, 5.74) is 1.62. The van der Waals surface area contributed by atoms with Crippen molar-refractivity contribution in [1.82, 2.24) is 4.90 Å². The van der Waals surface area contributed by atoms with Crippen LogP contribution < -0.4 is 0 Å². The van der Waals surface area contributed by atoms with Gasteiger partial charge in [0.25, 0.3) is 0 Å². The Morgan fingerprint density at radius 1 is 1.44 bits per heavy atom. The largest absolute Gasteiger partial charge is 0.465 e. The highest BCUT2D eigenvalue weighted by Crippen LogP contribution is 2.19. The minimum atomic E-state index is -0.286. The fraction of sp³-hybridized carbons (Fsp3) is 0.462. The SMILES string of the molecule is COC(=O)c1ccc(Br)cc1CN1CCOCC1. The Morgan fingerprint density at radius 3 is 2.83 bits per heavy atom. The van der Waals surface area contributed by atoms with Crippen LogP contribution >= 0.6 is 15.9 Å². The minimum Gasteiger partial charge on any atom is -0.465 e. The molecule has 0 bridgehead atoms. The van der Waals surface area contributed by atoms with Gasteiger partial charge in [0.15, 0.2) is 0 Å². The van der Waals surface area contributed by atoms with Crippen molar-refractivity contribution >= 4 is 21.9 Å². The lowest BCUT2D eigenvalue weighted by molar-refractivity contribution is 0.0338. The van der Waals surface area contributed by atoms with Crippen molar-refractivity contribution in [3.05, 3.63) is 33.8 Å². The van der Waals surface area contributed by atoms with Crippen LogP contribution in [-0.4, -0.2) is 44.3 Å². The third-order valence-electron chi connectivity index (χ3n) is 2.97. The number of hydrogen-bond acceptors (Lipinski definition) is 4. The van der Waals surface area contributed by atoms with Gasteiger partial charge < -0.3 is 9.47 Å². The van der Waals surface area contributed by atoms with Gasteiger partial charge in [-0.25, -0.2) is 4.79 Å². The summed E-state index contributed by atoms with van der Waals surface area (Å²) < 4.78 is 11.1. The highest BCUT2D eigenvalue weighted by Gasteiger charge is 2.16. The molecule has 0 N–H and O–H groups in total. The number of benzene rings is 1. The Morgan fingerprint density at radius 2 is 2.17 bits per heavy atom. The molecule has 1 aromatic carbocycles. The molecule has 0 radical (unpaired) electrons. The van der Waals surface area contributed by atoms with Crippen LogP contribution in [0.1, 0.15) is 15.9 Å². The van der Waals surface area contributed by atoms with Crippen molar-refractivity contribution in [1.29, 1.82) is 0 Å². The number of ether oxygens (including phenoxy) is 2. The predicted molar refractivity (Wildman–Crippen MR) is 71.6 cm³/mol. The lowest BCUT2D eigenvalue weighted by atomic mass is 10.1. The molecule has 18 heavy (non-hydrogen) atoms. The van der Waals surface area contributed by atoms with Crippen molar-refractivity contribution in [3.63, 3.8) is 0 Å². The van der Waals surface area contributed by atoms with E-state index < -0.39 is 0 Å². The maximum atomic E-state index is 11.7. The number of nitrogens with zero attached hydrogens (tertiary/aromatic N) is 1. The number of halogens is 1. The van der Waals surface area contributed by atoms with Crippen LogP contribution in [-0.2, 0) is 16.0 Å². The molecule has 1 fully saturated rings. The Labute approximate surface area is 115 Å². The van der Waals surface area contributed by atoms with E-state index in [1.165, 1.54) is 7.11 Å². The molecule has 0 amide bonds. The first-order valence-electron chi connectivity index (χ1n) is 5.87. The zero-order valence-corrected chi connectivity index (χ0v) is 11.9. The Hall–Kier alpha value is -0.910. The van der Waals surface area contributed by atoms with Crippen LogP contribution in [0, 0.1) is 0 Å². The van der Waals surface area contributed by atoms with E-state index in [0.29, 0.717) is 5.56 Å². The van der Waals surface area contributed by atoms with Gasteiger partial charge in [0.1, 0.15) is 0 Å². The number of carbonyl (C=O) groups excluding carboxylic acids is 1. The summed E-state index contributed by atoms with van der Waals surface area (Å²) in [5.74, 6) is -0.286. The molecule has 2 rings (SSSR count). The van der Waals surface area contributed by atoms with Gasteiger partial charge in [-0.15, -0.1) is 0 Å². The van der Waals surface area contributed by atoms with Gasteiger partial charge in [-0.2, -0.15) is 0 Å². The van der Waals surface area contributed by atoms with Gasteiger partial charge in [-0.3, -0.25) is 4.90 Å². The lowest BCUT2D eigenvalue weighted by Crippen LogP contribution is -2.36. The van der Waals surface area contributed by atoms with Gasteiger partial charge in [0.05, 0.1) is 25.9 Å². The van der Waals surface area contributed by atoms with Crippen molar-refractivity contribution < 1.29 is 14.3 Å². The summed E-state index contributed by atoms with van der Waals surface area (Å²) in [6.45, 7) is 4.04. The molecule has 1 aromatic rings. The standard InChI is InChI=1S/C13H16BrNO3/c1-17-13(16)12-3-2-11(14)8-10(12)9-15-4-6-18-7-5-15/h2-3,8H,4-7,9H2,1H3. The third kappa shape index (κ3) is 3.31. The second-order valence-electron chi connectivity index (χ2n) is 4.18. The van der Waals surface area contributed by atoms with Crippen LogP contribution in [0.25, 0.3) is 0 Å². The number of morpholine rings is 1. The summed E-state index contributed by atoms with van der Waals surface area (Å²) in [6.07, 6.45) is 0. The average Bonchev–Trinajstić information content (AvgIpc) is 2.39. The van der Waals surface area contributed by atoms with Gasteiger partial charge in [0, 0.05) is 24.1 Å². The van der Waals surface area contributed by atoms with Crippen molar-refractivity contribution in [3.8, 4) is 0 Å². The quantitative estimate of drug-likeness (QED) is 0.801. The molecule has 4 nitrogen and oxygen atoms in total. The van der Waals surface area contributed by atoms with Gasteiger partial charge >= 0.3 is 5.97 Å². The summed E-state index contributed by atoms with van der Waals surface area (Å²) in [5, 5.41) is 0. The molecular weight excluding hydrogens is 298 g/mol. The van der Waals surface area contributed by atoms with Gasteiger partial charge in [0.2, 0.25) is 0 Å². The number of rotatable bonds is 3. The van der Waals surface area contributed by atoms with E-state index in [2.05, 4.69) is 20.8 Å². The minimum absolute atomic E-state index is 0.286. The zero-order valence-electron chi connectivity index (χ0n) is 10.3. The number of carbonyl (C=O) groups is 1. The highest BCUT2D eigenvalue weighted by molar-refractivity contribution is 9.10. The Bertz CT molecular complexity index is 430. The second kappa shape index (κ2) is 6.31. The topological polar surface area (TPSA) is 38.8 Å². The second-order valence-corrected chi connectivity index (χ2v) is 5.10. The maximum Gasteiger partial charge on any atom is 0.338 e. The Kier molecular flexibility index (Phi) is 4.74. The number of hydrogen-bond donors (Lipinski definition) is 0. The van der Waals surface area contributed by atoms with E-state index >= 15 is 0 Å². The van der Waals surface area contributed by atoms with Gasteiger partial charge in [-0.05, 0) is 23.8 Å². The molecule has 0 aliphatic carbocycles. The lowest BCUT2D eigenvalue weighted by Gasteiger charge is -2.27. The van der Waals surface area contributed by atoms with Crippen molar-refractivity contribution in [2.75, 3.05) is 33.4 Å². The molecule has 1 saturated heterocycles. The van der Waals surface area contributed by atoms with E-state index in [9.17, 15) is 4.79 Å². The van der Waals surface area contributed by atoms with E-state index in [1.54, 1.807) is 6.07 Å². The van der Waals surface area contributed by atoms with E-state index in [4.69, 9.17) is 9.47 Å². The molecule has 1 heterocycles. The summed E-state index contributed by atoms with van der Waals surface area (Å²) >= 11 is 3.44. The molecule has 0 atom stereocenters. The average molecular weight is 314 g/mol. The molecule has 5 heteroatoms.